The van der Waals surface area contributed by atoms with Crippen LogP contribution in [-0.4, -0.2) is 69.6 Å². The summed E-state index contributed by atoms with van der Waals surface area (Å²) in [5.41, 5.74) is 0. The molecule has 2 saturated carbocycles. The summed E-state index contributed by atoms with van der Waals surface area (Å²) in [5, 5.41) is 0. The van der Waals surface area contributed by atoms with Gasteiger partial charge >= 0.3 is 0 Å². The maximum absolute atomic E-state index is 5.47. The fourth-order valence-corrected chi connectivity index (χ4v) is 4.60. The third-order valence-electron chi connectivity index (χ3n) is 5.58. The molecule has 0 bridgehead atoms. The van der Waals surface area contributed by atoms with E-state index < -0.39 is 0 Å². The van der Waals surface area contributed by atoms with Gasteiger partial charge in [-0.15, -0.1) is 0 Å². The van der Waals surface area contributed by atoms with E-state index in [1.54, 1.807) is 0 Å². The largest absolute Gasteiger partial charge is 0.379 e. The van der Waals surface area contributed by atoms with Gasteiger partial charge in [0.25, 0.3) is 0 Å². The molecule has 4 heteroatoms. The van der Waals surface area contributed by atoms with Gasteiger partial charge in [-0.1, -0.05) is 0 Å². The summed E-state index contributed by atoms with van der Waals surface area (Å²) in [6.07, 6.45) is 2.95. The summed E-state index contributed by atoms with van der Waals surface area (Å²) < 4.78 is 10.9. The monoisotopic (exact) mass is 253 g/mol. The van der Waals surface area contributed by atoms with E-state index in [-0.39, 0.29) is 0 Å². The van der Waals surface area contributed by atoms with Gasteiger partial charge in [0.05, 0.1) is 32.5 Å². The highest BCUT2D eigenvalue weighted by molar-refractivity contribution is 5.10. The van der Waals surface area contributed by atoms with Crippen molar-refractivity contribution in [1.29, 1.82) is 0 Å². The molecule has 2 unspecified atom stereocenters. The van der Waals surface area contributed by atoms with E-state index in [1.807, 2.05) is 4.90 Å². The second-order valence-electron chi connectivity index (χ2n) is 6.41. The molecule has 4 fully saturated rings. The Balaban J connectivity index is 1.30. The molecule has 2 aliphatic carbocycles. The van der Waals surface area contributed by atoms with E-state index >= 15 is 0 Å². The van der Waals surface area contributed by atoms with Crippen molar-refractivity contribution in [2.75, 3.05) is 52.6 Å². The molecule has 4 nitrogen and oxygen atoms in total. The highest BCUT2D eigenvalue weighted by Crippen LogP contribution is 2.54. The van der Waals surface area contributed by atoms with Gasteiger partial charge < -0.3 is 14.4 Å². The van der Waals surface area contributed by atoms with Gasteiger partial charge in [-0.25, -0.2) is 0 Å². The highest BCUT2D eigenvalue weighted by atomic mass is 16.5. The third kappa shape index (κ3) is 1.99. The van der Waals surface area contributed by atoms with E-state index in [0.29, 0.717) is 0 Å². The topological polar surface area (TPSA) is 26.1 Å². The van der Waals surface area contributed by atoms with Crippen LogP contribution in [0.4, 0.5) is 0 Å². The van der Waals surface area contributed by atoms with Gasteiger partial charge in [0.2, 0.25) is 0 Å². The minimum Gasteiger partial charge on any atom is -0.379 e. The first-order valence-corrected chi connectivity index (χ1v) is 7.67. The van der Waals surface area contributed by atoms with Crippen LogP contribution in [0.2, 0.25) is 0 Å². The van der Waals surface area contributed by atoms with Crippen molar-refractivity contribution in [2.45, 2.75) is 24.9 Å². The van der Waals surface area contributed by atoms with Gasteiger partial charge in [-0.2, -0.15) is 0 Å². The zero-order valence-corrected chi connectivity index (χ0v) is 11.1. The first-order chi connectivity index (χ1) is 8.93. The summed E-state index contributed by atoms with van der Waals surface area (Å²) >= 11 is 0. The summed E-state index contributed by atoms with van der Waals surface area (Å²) in [6.45, 7) is 8.70. The fraction of sp³-hybridized carbons (Fsp3) is 1.00. The number of ether oxygens (including phenoxy) is 2. The highest BCUT2D eigenvalue weighted by Gasteiger charge is 2.60. The number of morpholine rings is 2. The number of quaternary nitrogens is 1. The summed E-state index contributed by atoms with van der Waals surface area (Å²) in [6, 6.07) is 1.87. The van der Waals surface area contributed by atoms with E-state index in [1.165, 1.54) is 39.0 Å². The second kappa shape index (κ2) is 4.75. The lowest BCUT2D eigenvalue weighted by molar-refractivity contribution is -0.932. The fourth-order valence-electron chi connectivity index (χ4n) is 4.60. The molecular weight excluding hydrogens is 228 g/mol. The van der Waals surface area contributed by atoms with Crippen LogP contribution in [0.5, 0.6) is 0 Å². The first kappa shape index (κ1) is 11.6. The molecule has 102 valence electrons. The van der Waals surface area contributed by atoms with Crippen LogP contribution in [0.3, 0.4) is 0 Å². The SMILES string of the molecule is C1CN(C2[C@H]3CC([NH+]4CCOCC4)C[C@@H]23)CCO1. The average Bonchev–Trinajstić information content (AvgIpc) is 2.95. The molecule has 18 heavy (non-hydrogen) atoms. The van der Waals surface area contributed by atoms with Crippen molar-refractivity contribution < 1.29 is 14.4 Å². The van der Waals surface area contributed by atoms with Gasteiger partial charge in [0, 0.05) is 32.0 Å². The molecule has 0 amide bonds. The second-order valence-corrected chi connectivity index (χ2v) is 6.41. The number of nitrogens with one attached hydrogen (secondary N) is 1. The predicted molar refractivity (Wildman–Crippen MR) is 67.7 cm³/mol. The molecule has 2 saturated heterocycles. The van der Waals surface area contributed by atoms with Crippen LogP contribution >= 0.6 is 0 Å². The molecule has 0 aromatic heterocycles. The predicted octanol–water partition coefficient (Wildman–Crippen LogP) is -0.989. The Bertz CT molecular complexity index is 272. The third-order valence-corrected chi connectivity index (χ3v) is 5.58. The lowest BCUT2D eigenvalue weighted by atomic mass is 10.1. The Morgan fingerprint density at radius 2 is 1.44 bits per heavy atom. The van der Waals surface area contributed by atoms with Crippen molar-refractivity contribution in [3.63, 3.8) is 0 Å². The minimum absolute atomic E-state index is 0.922. The van der Waals surface area contributed by atoms with Crippen molar-refractivity contribution in [3.05, 3.63) is 0 Å². The summed E-state index contributed by atoms with van der Waals surface area (Å²) in [4.78, 5) is 4.53. The van der Waals surface area contributed by atoms with Crippen LogP contribution in [-0.2, 0) is 9.47 Å². The normalized spacial score (nSPS) is 46.0. The molecule has 0 radical (unpaired) electrons. The van der Waals surface area contributed by atoms with Crippen molar-refractivity contribution in [3.8, 4) is 0 Å². The van der Waals surface area contributed by atoms with Crippen LogP contribution in [0.15, 0.2) is 0 Å². The quantitative estimate of drug-likeness (QED) is 0.684. The van der Waals surface area contributed by atoms with E-state index in [0.717, 1.165) is 50.3 Å². The lowest BCUT2D eigenvalue weighted by Crippen LogP contribution is -3.17. The lowest BCUT2D eigenvalue weighted by Gasteiger charge is -2.33. The number of rotatable bonds is 2. The Kier molecular flexibility index (Phi) is 3.07. The maximum Gasteiger partial charge on any atom is 0.101 e. The van der Waals surface area contributed by atoms with Gasteiger partial charge in [-0.3, -0.25) is 4.90 Å². The number of hydrogen-bond acceptors (Lipinski definition) is 3. The molecule has 2 aliphatic heterocycles. The van der Waals surface area contributed by atoms with Gasteiger partial charge in [0.15, 0.2) is 0 Å². The van der Waals surface area contributed by atoms with Crippen LogP contribution in [0.1, 0.15) is 12.8 Å². The average molecular weight is 253 g/mol. The van der Waals surface area contributed by atoms with E-state index in [4.69, 9.17) is 9.47 Å². The Morgan fingerprint density at radius 3 is 2.11 bits per heavy atom. The molecule has 2 heterocycles. The smallest absolute Gasteiger partial charge is 0.101 e. The molecule has 4 aliphatic rings. The molecule has 4 atom stereocenters. The number of hydrogen-bond donors (Lipinski definition) is 1. The summed E-state index contributed by atoms with van der Waals surface area (Å²) in [7, 11) is 0. The minimum atomic E-state index is 0.922. The van der Waals surface area contributed by atoms with Crippen molar-refractivity contribution in [2.24, 2.45) is 11.8 Å². The summed E-state index contributed by atoms with van der Waals surface area (Å²) in [5.74, 6) is 2.03. The van der Waals surface area contributed by atoms with E-state index in [2.05, 4.69) is 4.90 Å². The van der Waals surface area contributed by atoms with Crippen LogP contribution in [0, 0.1) is 11.8 Å². The Morgan fingerprint density at radius 1 is 0.833 bits per heavy atom. The van der Waals surface area contributed by atoms with Crippen molar-refractivity contribution in [1.82, 2.24) is 4.90 Å². The molecule has 0 aromatic carbocycles. The Hall–Kier alpha value is -0.160. The van der Waals surface area contributed by atoms with Gasteiger partial charge in [0.1, 0.15) is 13.1 Å². The zero-order valence-electron chi connectivity index (χ0n) is 11.1. The standard InChI is InChI=1S/C14H24N2O2/c1-5-17-6-2-15(1)11-9-12-13(10-11)14(12)16-3-7-18-8-4-16/h11-14H,1-10H2/p+1/t11?,12-,13+,14?. The maximum atomic E-state index is 5.47. The van der Waals surface area contributed by atoms with Gasteiger partial charge in [-0.05, 0) is 11.8 Å². The molecule has 0 spiro atoms. The zero-order chi connectivity index (χ0) is 11.9. The Labute approximate surface area is 109 Å². The first-order valence-electron chi connectivity index (χ1n) is 7.67. The molecule has 4 rings (SSSR count). The van der Waals surface area contributed by atoms with Crippen molar-refractivity contribution >= 4 is 0 Å². The van der Waals surface area contributed by atoms with E-state index in [9.17, 15) is 0 Å². The van der Waals surface area contributed by atoms with Crippen LogP contribution < -0.4 is 4.90 Å². The molecule has 0 aromatic rings. The number of nitrogens with zero attached hydrogens (tertiary/aromatic N) is 1. The molecular formula is C14H25N2O2+. The number of fused-ring (bicyclic) bond motifs is 1. The molecule has 1 N–H and O–H groups in total. The van der Waals surface area contributed by atoms with Crippen LogP contribution in [0.25, 0.3) is 0 Å².